The van der Waals surface area contributed by atoms with Gasteiger partial charge in [-0.05, 0) is 80.6 Å². The minimum absolute atomic E-state index is 0.110. The van der Waals surface area contributed by atoms with E-state index in [0.29, 0.717) is 0 Å². The van der Waals surface area contributed by atoms with Crippen molar-refractivity contribution >= 4 is 32.7 Å². The standard InChI is InChI=1S/C30H29N3/c1-16-19(4)31-27-14-21(10-12-24(16)27)29(30-18(3)23-8-6-7-9-26(23)33-30)22-11-13-25-17(2)20(5)32-28(25)15-22/h6-15,29,31-33H,1-5H3. The second-order valence-corrected chi connectivity index (χ2v) is 9.50. The Morgan fingerprint density at radius 1 is 0.515 bits per heavy atom. The molecule has 0 aliphatic rings. The third-order valence-electron chi connectivity index (χ3n) is 7.62. The number of para-hydroxylation sites is 1. The highest BCUT2D eigenvalue weighted by molar-refractivity contribution is 5.88. The van der Waals surface area contributed by atoms with E-state index in [4.69, 9.17) is 0 Å². The van der Waals surface area contributed by atoms with E-state index in [-0.39, 0.29) is 5.92 Å². The zero-order valence-electron chi connectivity index (χ0n) is 19.9. The van der Waals surface area contributed by atoms with Gasteiger partial charge in [0.15, 0.2) is 0 Å². The van der Waals surface area contributed by atoms with Gasteiger partial charge in [0.05, 0.1) is 0 Å². The number of H-pyrrole nitrogens is 3. The largest absolute Gasteiger partial charge is 0.358 e. The lowest BCUT2D eigenvalue weighted by atomic mass is 9.85. The number of nitrogens with one attached hydrogen (secondary N) is 3. The Kier molecular flexibility index (Phi) is 4.31. The zero-order chi connectivity index (χ0) is 22.9. The van der Waals surface area contributed by atoms with Crippen molar-refractivity contribution in [3.8, 4) is 0 Å². The number of hydrogen-bond donors (Lipinski definition) is 3. The van der Waals surface area contributed by atoms with Gasteiger partial charge < -0.3 is 15.0 Å². The summed E-state index contributed by atoms with van der Waals surface area (Å²) < 4.78 is 0. The summed E-state index contributed by atoms with van der Waals surface area (Å²) in [5.41, 5.74) is 13.9. The number of fused-ring (bicyclic) bond motifs is 3. The van der Waals surface area contributed by atoms with Gasteiger partial charge in [-0.2, -0.15) is 0 Å². The molecule has 3 nitrogen and oxygen atoms in total. The molecule has 6 aromatic rings. The van der Waals surface area contributed by atoms with Gasteiger partial charge in [0.25, 0.3) is 0 Å². The fourth-order valence-corrected chi connectivity index (χ4v) is 5.46. The Bertz CT molecular complexity index is 1590. The van der Waals surface area contributed by atoms with E-state index < -0.39 is 0 Å². The molecule has 0 fully saturated rings. The fourth-order valence-electron chi connectivity index (χ4n) is 5.46. The maximum Gasteiger partial charge on any atom is 0.0495 e. The second-order valence-electron chi connectivity index (χ2n) is 9.50. The van der Waals surface area contributed by atoms with Crippen molar-refractivity contribution in [3.63, 3.8) is 0 Å². The third-order valence-corrected chi connectivity index (χ3v) is 7.62. The van der Waals surface area contributed by atoms with Gasteiger partial charge >= 0.3 is 0 Å². The molecule has 0 aliphatic carbocycles. The molecule has 3 N–H and O–H groups in total. The normalized spacial score (nSPS) is 12.1. The molecule has 3 heteroatoms. The molecule has 0 saturated heterocycles. The molecule has 164 valence electrons. The number of benzene rings is 3. The van der Waals surface area contributed by atoms with Crippen molar-refractivity contribution in [1.29, 1.82) is 0 Å². The van der Waals surface area contributed by atoms with Crippen molar-refractivity contribution < 1.29 is 0 Å². The first kappa shape index (κ1) is 19.9. The van der Waals surface area contributed by atoms with Gasteiger partial charge in [-0.3, -0.25) is 0 Å². The number of aryl methyl sites for hydroxylation is 5. The monoisotopic (exact) mass is 431 g/mol. The van der Waals surface area contributed by atoms with Crippen LogP contribution in [0, 0.1) is 34.6 Å². The van der Waals surface area contributed by atoms with Crippen LogP contribution in [0.4, 0.5) is 0 Å². The van der Waals surface area contributed by atoms with Crippen molar-refractivity contribution in [3.05, 3.63) is 106 Å². The molecule has 0 unspecified atom stereocenters. The van der Waals surface area contributed by atoms with Crippen LogP contribution in [-0.4, -0.2) is 15.0 Å². The van der Waals surface area contributed by atoms with Crippen LogP contribution in [0.1, 0.15) is 50.8 Å². The van der Waals surface area contributed by atoms with Gasteiger partial charge in [0.1, 0.15) is 0 Å². The highest BCUT2D eigenvalue weighted by Gasteiger charge is 2.23. The minimum atomic E-state index is 0.110. The predicted octanol–water partition coefficient (Wildman–Crippen LogP) is 7.85. The number of aromatic nitrogens is 3. The van der Waals surface area contributed by atoms with Gasteiger partial charge in [0.2, 0.25) is 0 Å². The van der Waals surface area contributed by atoms with Crippen LogP contribution < -0.4 is 0 Å². The quantitative estimate of drug-likeness (QED) is 0.255. The van der Waals surface area contributed by atoms with E-state index in [0.717, 1.165) is 0 Å². The van der Waals surface area contributed by atoms with E-state index in [1.54, 1.807) is 0 Å². The molecule has 33 heavy (non-hydrogen) atoms. The highest BCUT2D eigenvalue weighted by Crippen LogP contribution is 2.39. The molecule has 0 amide bonds. The van der Waals surface area contributed by atoms with Crippen molar-refractivity contribution in [2.24, 2.45) is 0 Å². The van der Waals surface area contributed by atoms with Crippen LogP contribution in [0.15, 0.2) is 60.7 Å². The van der Waals surface area contributed by atoms with E-state index in [9.17, 15) is 0 Å². The van der Waals surface area contributed by atoms with Crippen LogP contribution in [-0.2, 0) is 0 Å². The summed E-state index contributed by atoms with van der Waals surface area (Å²) in [5.74, 6) is 0.110. The van der Waals surface area contributed by atoms with Crippen LogP contribution in [0.5, 0.6) is 0 Å². The summed E-state index contributed by atoms with van der Waals surface area (Å²) in [5, 5.41) is 3.89. The maximum absolute atomic E-state index is 3.77. The number of rotatable bonds is 3. The topological polar surface area (TPSA) is 47.4 Å². The molecule has 0 bridgehead atoms. The molecule has 0 radical (unpaired) electrons. The van der Waals surface area contributed by atoms with Gasteiger partial charge in [-0.15, -0.1) is 0 Å². The maximum atomic E-state index is 3.77. The highest BCUT2D eigenvalue weighted by atomic mass is 14.7. The van der Waals surface area contributed by atoms with Gasteiger partial charge in [-0.1, -0.05) is 42.5 Å². The molecule has 0 spiro atoms. The van der Waals surface area contributed by atoms with Crippen molar-refractivity contribution in [1.82, 2.24) is 15.0 Å². The summed E-state index contributed by atoms with van der Waals surface area (Å²) in [7, 11) is 0. The van der Waals surface area contributed by atoms with Crippen molar-refractivity contribution in [2.75, 3.05) is 0 Å². The fraction of sp³-hybridized carbons (Fsp3) is 0.200. The van der Waals surface area contributed by atoms with Crippen LogP contribution in [0.25, 0.3) is 32.7 Å². The van der Waals surface area contributed by atoms with E-state index >= 15 is 0 Å². The average molecular weight is 432 g/mol. The summed E-state index contributed by atoms with van der Waals surface area (Å²) in [6.45, 7) is 10.9. The number of aromatic amines is 3. The Morgan fingerprint density at radius 3 is 1.58 bits per heavy atom. The Morgan fingerprint density at radius 2 is 1.03 bits per heavy atom. The number of hydrogen-bond acceptors (Lipinski definition) is 0. The Hall–Kier alpha value is -3.72. The molecule has 6 rings (SSSR count). The molecule has 0 atom stereocenters. The first-order chi connectivity index (χ1) is 15.9. The van der Waals surface area contributed by atoms with E-state index in [2.05, 4.69) is 110 Å². The summed E-state index contributed by atoms with van der Waals surface area (Å²) in [4.78, 5) is 11.0. The first-order valence-corrected chi connectivity index (χ1v) is 11.7. The summed E-state index contributed by atoms with van der Waals surface area (Å²) in [6.07, 6.45) is 0. The summed E-state index contributed by atoms with van der Waals surface area (Å²) >= 11 is 0. The van der Waals surface area contributed by atoms with Gasteiger partial charge in [0, 0.05) is 55.7 Å². The lowest BCUT2D eigenvalue weighted by Crippen LogP contribution is -2.05. The average Bonchev–Trinajstić information content (AvgIpc) is 3.40. The van der Waals surface area contributed by atoms with Crippen LogP contribution in [0.2, 0.25) is 0 Å². The SMILES string of the molecule is Cc1[nH]c2cc(C(c3ccc4c(C)c(C)[nH]c4c3)c3[nH]c4ccccc4c3C)ccc2c1C. The Labute approximate surface area is 193 Å². The molecule has 3 aromatic carbocycles. The van der Waals surface area contributed by atoms with E-state index in [1.165, 1.54) is 77.6 Å². The lowest BCUT2D eigenvalue weighted by Gasteiger charge is -2.19. The first-order valence-electron chi connectivity index (χ1n) is 11.7. The lowest BCUT2D eigenvalue weighted by molar-refractivity contribution is 0.930. The molecule has 3 heterocycles. The molecular weight excluding hydrogens is 402 g/mol. The van der Waals surface area contributed by atoms with Crippen LogP contribution in [0.3, 0.4) is 0 Å². The summed E-state index contributed by atoms with van der Waals surface area (Å²) in [6, 6.07) is 22.4. The molecular formula is C30H29N3. The zero-order valence-corrected chi connectivity index (χ0v) is 19.9. The minimum Gasteiger partial charge on any atom is -0.358 e. The van der Waals surface area contributed by atoms with Crippen LogP contribution >= 0.6 is 0 Å². The van der Waals surface area contributed by atoms with Crippen molar-refractivity contribution in [2.45, 2.75) is 40.5 Å². The third kappa shape index (κ3) is 2.96. The molecule has 0 aliphatic heterocycles. The second kappa shape index (κ2) is 7.14. The van der Waals surface area contributed by atoms with E-state index in [1.807, 2.05) is 0 Å². The molecule has 3 aromatic heterocycles. The Balaban J connectivity index is 1.62. The van der Waals surface area contributed by atoms with Gasteiger partial charge in [-0.25, -0.2) is 0 Å². The smallest absolute Gasteiger partial charge is 0.0495 e. The predicted molar refractivity (Wildman–Crippen MR) is 140 cm³/mol. The molecule has 0 saturated carbocycles.